The number of nitrogens with zero attached hydrogens (tertiary/aromatic N) is 1. The third-order valence-corrected chi connectivity index (χ3v) is 10.4. The Morgan fingerprint density at radius 2 is 1.71 bits per heavy atom. The van der Waals surface area contributed by atoms with Crippen molar-refractivity contribution in [2.45, 2.75) is 24.6 Å². The first-order valence-electron chi connectivity index (χ1n) is 12.5. The van der Waals surface area contributed by atoms with Crippen LogP contribution in [0.15, 0.2) is 48.5 Å². The van der Waals surface area contributed by atoms with Crippen LogP contribution in [0.5, 0.6) is 5.75 Å². The van der Waals surface area contributed by atoms with E-state index in [4.69, 9.17) is 21.4 Å². The predicted molar refractivity (Wildman–Crippen MR) is 161 cm³/mol. The maximum atomic E-state index is 13.1. The number of carboxylic acid groups (broad SMARTS) is 2. The number of halogens is 1. The van der Waals surface area contributed by atoms with Crippen molar-refractivity contribution < 1.29 is 41.4 Å². The van der Waals surface area contributed by atoms with E-state index >= 15 is 0 Å². The molecule has 0 amide bonds. The van der Waals surface area contributed by atoms with Gasteiger partial charge in [-0.15, -0.1) is 11.3 Å². The molecule has 226 valence electrons. The minimum atomic E-state index is -3.64. The lowest BCUT2D eigenvalue weighted by Crippen LogP contribution is -2.42. The molecular formula is C26H28ClN3O9S3. The molecular weight excluding hydrogens is 630 g/mol. The van der Waals surface area contributed by atoms with Gasteiger partial charge in [-0.05, 0) is 48.2 Å². The first-order valence-corrected chi connectivity index (χ1v) is 17.2. The second kappa shape index (κ2) is 12.9. The number of aliphatic carboxylic acids is 1. The van der Waals surface area contributed by atoms with Gasteiger partial charge in [-0.2, -0.15) is 0 Å². The summed E-state index contributed by atoms with van der Waals surface area (Å²) >= 11 is 7.28. The summed E-state index contributed by atoms with van der Waals surface area (Å²) in [5, 5.41) is 21.8. The van der Waals surface area contributed by atoms with E-state index in [0.29, 0.717) is 47.6 Å². The molecule has 16 heteroatoms. The van der Waals surface area contributed by atoms with E-state index in [1.165, 1.54) is 10.4 Å². The van der Waals surface area contributed by atoms with Gasteiger partial charge in [0.1, 0.15) is 5.02 Å². The van der Waals surface area contributed by atoms with Gasteiger partial charge in [-0.25, -0.2) is 30.7 Å². The number of nitrogens with one attached hydrogen (secondary N) is 2. The third kappa shape index (κ3) is 8.13. The van der Waals surface area contributed by atoms with E-state index in [9.17, 15) is 31.5 Å². The average Bonchev–Trinajstić information content (AvgIpc) is 3.23. The lowest BCUT2D eigenvalue weighted by atomic mass is 10.1. The molecule has 0 spiro atoms. The van der Waals surface area contributed by atoms with Crippen LogP contribution in [0.25, 0.3) is 10.4 Å². The van der Waals surface area contributed by atoms with Crippen molar-refractivity contribution in [1.29, 1.82) is 0 Å². The zero-order valence-electron chi connectivity index (χ0n) is 22.2. The fourth-order valence-corrected chi connectivity index (χ4v) is 8.00. The number of hydrogen-bond acceptors (Lipinski definition) is 9. The van der Waals surface area contributed by atoms with Crippen LogP contribution in [-0.2, 0) is 30.6 Å². The molecule has 1 aromatic heterocycles. The summed E-state index contributed by atoms with van der Waals surface area (Å²) in [6.07, 6.45) is 2.09. The SMILES string of the molecule is CS(=O)(=O)Nc1cccc(CS(=O)(=O)N2CCC(Nc3cccc(-c4sc(C(=O)O)c(OCC(=O)O)c4Cl)c3)CC2)c1. The normalized spacial score (nSPS) is 14.8. The topological polar surface area (TPSA) is 179 Å². The van der Waals surface area contributed by atoms with Crippen molar-refractivity contribution in [3.05, 3.63) is 64.0 Å². The van der Waals surface area contributed by atoms with Crippen LogP contribution in [-0.4, -0.2) is 75.3 Å². The number of piperidine rings is 1. The molecule has 12 nitrogen and oxygen atoms in total. The molecule has 0 aliphatic carbocycles. The second-order valence-corrected chi connectivity index (χ2v) is 14.7. The number of carbonyl (C=O) groups is 2. The van der Waals surface area contributed by atoms with E-state index < -0.39 is 38.6 Å². The molecule has 0 unspecified atom stereocenters. The zero-order chi connectivity index (χ0) is 30.7. The molecule has 2 aromatic carbocycles. The fourth-order valence-electron chi connectivity index (χ4n) is 4.49. The van der Waals surface area contributed by atoms with Crippen molar-refractivity contribution in [3.8, 4) is 16.2 Å². The molecule has 0 radical (unpaired) electrons. The Balaban J connectivity index is 1.40. The van der Waals surface area contributed by atoms with Crippen LogP contribution in [0.3, 0.4) is 0 Å². The summed E-state index contributed by atoms with van der Waals surface area (Å²) in [5.41, 5.74) is 2.09. The molecule has 1 saturated heterocycles. The van der Waals surface area contributed by atoms with Crippen LogP contribution >= 0.6 is 22.9 Å². The molecule has 1 aliphatic rings. The fraction of sp³-hybridized carbons (Fsp3) is 0.308. The van der Waals surface area contributed by atoms with Crippen LogP contribution in [0.2, 0.25) is 5.02 Å². The van der Waals surface area contributed by atoms with Crippen LogP contribution in [0.1, 0.15) is 28.1 Å². The van der Waals surface area contributed by atoms with Gasteiger partial charge in [0.05, 0.1) is 16.9 Å². The highest BCUT2D eigenvalue weighted by atomic mass is 35.5. The van der Waals surface area contributed by atoms with E-state index in [1.807, 2.05) is 6.07 Å². The van der Waals surface area contributed by atoms with Gasteiger partial charge in [-0.3, -0.25) is 4.72 Å². The molecule has 1 aliphatic heterocycles. The number of ether oxygens (including phenoxy) is 1. The Kier molecular flexibility index (Phi) is 9.67. The predicted octanol–water partition coefficient (Wildman–Crippen LogP) is 4.01. The monoisotopic (exact) mass is 657 g/mol. The summed E-state index contributed by atoms with van der Waals surface area (Å²) in [4.78, 5) is 22.8. The van der Waals surface area contributed by atoms with Gasteiger partial charge in [-0.1, -0.05) is 35.9 Å². The molecule has 0 bridgehead atoms. The quantitative estimate of drug-likeness (QED) is 0.222. The third-order valence-electron chi connectivity index (χ3n) is 6.27. The number of sulfonamides is 2. The number of benzene rings is 2. The van der Waals surface area contributed by atoms with E-state index in [2.05, 4.69) is 10.0 Å². The lowest BCUT2D eigenvalue weighted by Gasteiger charge is -2.32. The average molecular weight is 658 g/mol. The standard InChI is InChI=1S/C26H28ClN3O9S3/c1-41(35,36)29-20-7-2-4-16(12-20)15-42(37,38)30-10-8-18(9-11-30)28-19-6-3-5-17(13-19)24-22(27)23(39-14-21(31)32)25(40-24)26(33)34/h2-7,12-13,18,28-29H,8-11,14-15H2,1H3,(H,31,32)(H,33,34). The van der Waals surface area contributed by atoms with Crippen molar-refractivity contribution in [2.75, 3.05) is 36.0 Å². The Bertz CT molecular complexity index is 1700. The van der Waals surface area contributed by atoms with Crippen LogP contribution in [0, 0.1) is 0 Å². The second-order valence-electron chi connectivity index (χ2n) is 9.62. The molecule has 42 heavy (non-hydrogen) atoms. The summed E-state index contributed by atoms with van der Waals surface area (Å²) in [7, 11) is -7.13. The Morgan fingerprint density at radius 1 is 1.05 bits per heavy atom. The Labute approximate surface area is 252 Å². The molecule has 3 aromatic rings. The van der Waals surface area contributed by atoms with Crippen molar-refractivity contribution in [2.24, 2.45) is 0 Å². The van der Waals surface area contributed by atoms with Gasteiger partial charge < -0.3 is 20.3 Å². The number of carboxylic acids is 2. The largest absolute Gasteiger partial charge is 0.479 e. The first-order chi connectivity index (χ1) is 19.7. The zero-order valence-corrected chi connectivity index (χ0v) is 25.4. The van der Waals surface area contributed by atoms with Gasteiger partial charge in [0.25, 0.3) is 0 Å². The van der Waals surface area contributed by atoms with E-state index in [-0.39, 0.29) is 27.4 Å². The Morgan fingerprint density at radius 3 is 2.36 bits per heavy atom. The highest BCUT2D eigenvalue weighted by Crippen LogP contribution is 2.46. The minimum Gasteiger partial charge on any atom is -0.479 e. The summed E-state index contributed by atoms with van der Waals surface area (Å²) < 4.78 is 58.1. The number of rotatable bonds is 12. The summed E-state index contributed by atoms with van der Waals surface area (Å²) in [5.74, 6) is -3.01. The summed E-state index contributed by atoms with van der Waals surface area (Å²) in [6.45, 7) is -0.146. The van der Waals surface area contributed by atoms with E-state index in [0.717, 1.165) is 23.3 Å². The highest BCUT2D eigenvalue weighted by molar-refractivity contribution is 7.92. The van der Waals surface area contributed by atoms with Crippen molar-refractivity contribution in [1.82, 2.24) is 4.31 Å². The minimum absolute atomic E-state index is 0.00644. The van der Waals surface area contributed by atoms with Gasteiger partial charge in [0.15, 0.2) is 17.2 Å². The lowest BCUT2D eigenvalue weighted by molar-refractivity contribution is -0.139. The van der Waals surface area contributed by atoms with Gasteiger partial charge in [0, 0.05) is 30.5 Å². The summed E-state index contributed by atoms with van der Waals surface area (Å²) in [6, 6.07) is 13.4. The molecule has 0 atom stereocenters. The number of anilines is 2. The molecule has 2 heterocycles. The Hall–Kier alpha value is -3.37. The van der Waals surface area contributed by atoms with Crippen molar-refractivity contribution in [3.63, 3.8) is 0 Å². The molecule has 4 N–H and O–H groups in total. The van der Waals surface area contributed by atoms with Gasteiger partial charge in [0.2, 0.25) is 20.0 Å². The number of hydrogen-bond donors (Lipinski definition) is 4. The maximum Gasteiger partial charge on any atom is 0.349 e. The smallest absolute Gasteiger partial charge is 0.349 e. The number of thiophene rings is 1. The molecule has 1 fully saturated rings. The van der Waals surface area contributed by atoms with Crippen LogP contribution in [0.4, 0.5) is 11.4 Å². The van der Waals surface area contributed by atoms with Crippen LogP contribution < -0.4 is 14.8 Å². The molecule has 4 rings (SSSR count). The first kappa shape index (κ1) is 31.6. The van der Waals surface area contributed by atoms with Gasteiger partial charge >= 0.3 is 11.9 Å². The highest BCUT2D eigenvalue weighted by Gasteiger charge is 2.29. The van der Waals surface area contributed by atoms with Crippen molar-refractivity contribution >= 4 is 66.3 Å². The van der Waals surface area contributed by atoms with E-state index in [1.54, 1.807) is 36.4 Å². The molecule has 0 saturated carbocycles. The maximum absolute atomic E-state index is 13.1. The number of aromatic carboxylic acids is 1.